The second kappa shape index (κ2) is 7.46. The Bertz CT molecular complexity index is 538. The molecule has 0 saturated carbocycles. The molecule has 1 rings (SSSR count). The third kappa shape index (κ3) is 4.22. The van der Waals surface area contributed by atoms with Crippen molar-refractivity contribution >= 4 is 12.1 Å². The number of benzene rings is 1. The molecule has 128 valence electrons. The zero-order chi connectivity index (χ0) is 17.7. The molecule has 0 heterocycles. The summed E-state index contributed by atoms with van der Waals surface area (Å²) in [6.07, 6.45) is -0.691. The van der Waals surface area contributed by atoms with Gasteiger partial charge in [-0.05, 0) is 33.3 Å². The molecule has 0 bridgehead atoms. The van der Waals surface area contributed by atoms with Crippen LogP contribution in [-0.2, 0) is 19.8 Å². The quantitative estimate of drug-likeness (QED) is 0.871. The molecule has 1 aromatic rings. The molecule has 0 spiro atoms. The molecule has 1 N–H and O–H groups in total. The van der Waals surface area contributed by atoms with Crippen LogP contribution in [0.3, 0.4) is 0 Å². The number of aliphatic carboxylic acids is 1. The molecule has 0 radical (unpaired) electrons. The second-order valence-corrected chi connectivity index (χ2v) is 6.19. The third-order valence-electron chi connectivity index (χ3n) is 3.35. The van der Waals surface area contributed by atoms with Gasteiger partial charge in [0.15, 0.2) is 5.54 Å². The van der Waals surface area contributed by atoms with E-state index in [9.17, 15) is 14.7 Å². The van der Waals surface area contributed by atoms with Crippen LogP contribution in [0.4, 0.5) is 4.79 Å². The van der Waals surface area contributed by atoms with E-state index in [1.54, 1.807) is 58.0 Å². The average molecular weight is 323 g/mol. The van der Waals surface area contributed by atoms with Crippen molar-refractivity contribution in [1.29, 1.82) is 0 Å². The molecule has 1 atom stereocenters. The van der Waals surface area contributed by atoms with Gasteiger partial charge in [0, 0.05) is 13.7 Å². The molecule has 23 heavy (non-hydrogen) atoms. The predicted octanol–water partition coefficient (Wildman–Crippen LogP) is 2.87. The van der Waals surface area contributed by atoms with Gasteiger partial charge in [-0.1, -0.05) is 30.3 Å². The smallest absolute Gasteiger partial charge is 0.411 e. The van der Waals surface area contributed by atoms with E-state index in [2.05, 4.69) is 0 Å². The highest BCUT2D eigenvalue weighted by atomic mass is 16.6. The largest absolute Gasteiger partial charge is 0.479 e. The Balaban J connectivity index is 3.42. The lowest BCUT2D eigenvalue weighted by Gasteiger charge is -2.40. The van der Waals surface area contributed by atoms with Gasteiger partial charge in [-0.25, -0.2) is 9.59 Å². The summed E-state index contributed by atoms with van der Waals surface area (Å²) in [6.45, 7) is 6.90. The normalized spacial score (nSPS) is 14.0. The molecule has 0 aliphatic rings. The van der Waals surface area contributed by atoms with Gasteiger partial charge in [0.05, 0.1) is 6.61 Å². The van der Waals surface area contributed by atoms with Gasteiger partial charge in [0.1, 0.15) is 5.60 Å². The zero-order valence-corrected chi connectivity index (χ0v) is 14.3. The molecular formula is C17H25NO5. The Morgan fingerprint density at radius 2 is 1.74 bits per heavy atom. The molecule has 0 aliphatic heterocycles. The van der Waals surface area contributed by atoms with Gasteiger partial charge in [-0.15, -0.1) is 0 Å². The van der Waals surface area contributed by atoms with Crippen LogP contribution in [0.1, 0.15) is 33.3 Å². The summed E-state index contributed by atoms with van der Waals surface area (Å²) >= 11 is 0. The number of hydrogen-bond donors (Lipinski definition) is 1. The highest BCUT2D eigenvalue weighted by Gasteiger charge is 2.49. The van der Waals surface area contributed by atoms with Crippen molar-refractivity contribution in [3.8, 4) is 0 Å². The Hall–Kier alpha value is -2.08. The van der Waals surface area contributed by atoms with Crippen molar-refractivity contribution in [2.24, 2.45) is 0 Å². The number of nitrogens with zero attached hydrogens (tertiary/aromatic N) is 1. The molecule has 1 aromatic carbocycles. The fourth-order valence-corrected chi connectivity index (χ4v) is 2.41. The molecule has 1 unspecified atom stereocenters. The monoisotopic (exact) mass is 323 g/mol. The molecule has 0 aliphatic carbocycles. The van der Waals surface area contributed by atoms with E-state index in [0.717, 1.165) is 0 Å². The van der Waals surface area contributed by atoms with Crippen LogP contribution in [0.25, 0.3) is 0 Å². The van der Waals surface area contributed by atoms with Gasteiger partial charge < -0.3 is 14.6 Å². The Morgan fingerprint density at radius 1 is 1.17 bits per heavy atom. The van der Waals surface area contributed by atoms with Gasteiger partial charge >= 0.3 is 12.1 Å². The zero-order valence-electron chi connectivity index (χ0n) is 14.3. The molecule has 0 fully saturated rings. The van der Waals surface area contributed by atoms with E-state index in [1.165, 1.54) is 12.0 Å². The number of likely N-dealkylation sites (N-methyl/N-ethyl adjacent to an activating group) is 1. The van der Waals surface area contributed by atoms with Crippen LogP contribution in [0.2, 0.25) is 0 Å². The minimum atomic E-state index is -1.65. The minimum Gasteiger partial charge on any atom is -0.479 e. The summed E-state index contributed by atoms with van der Waals surface area (Å²) in [5.74, 6) is -1.17. The van der Waals surface area contributed by atoms with E-state index >= 15 is 0 Å². The summed E-state index contributed by atoms with van der Waals surface area (Å²) in [6, 6.07) is 8.57. The number of methoxy groups -OCH3 is 1. The summed E-state index contributed by atoms with van der Waals surface area (Å²) in [4.78, 5) is 25.9. The van der Waals surface area contributed by atoms with Crippen LogP contribution < -0.4 is 0 Å². The van der Waals surface area contributed by atoms with Gasteiger partial charge in [-0.3, -0.25) is 4.90 Å². The summed E-state index contributed by atoms with van der Waals surface area (Å²) in [7, 11) is 1.41. The number of hydrogen-bond acceptors (Lipinski definition) is 4. The van der Waals surface area contributed by atoms with Crippen molar-refractivity contribution in [1.82, 2.24) is 4.90 Å². The lowest BCUT2D eigenvalue weighted by molar-refractivity contribution is -0.156. The Kier molecular flexibility index (Phi) is 6.15. The standard InChI is InChI=1S/C17H25NO5/c1-6-18(15(21)23-16(2,3)4)17(12-22-5,14(19)20)13-10-8-7-9-11-13/h7-11H,6,12H2,1-5H3,(H,19,20). The first-order valence-electron chi connectivity index (χ1n) is 7.47. The van der Waals surface area contributed by atoms with Gasteiger partial charge in [0.2, 0.25) is 0 Å². The van der Waals surface area contributed by atoms with Gasteiger partial charge in [0.25, 0.3) is 0 Å². The minimum absolute atomic E-state index is 0.166. The van der Waals surface area contributed by atoms with E-state index in [-0.39, 0.29) is 13.2 Å². The number of rotatable bonds is 6. The molecule has 6 heteroatoms. The summed E-state index contributed by atoms with van der Waals surface area (Å²) in [5, 5.41) is 9.93. The number of amides is 1. The van der Waals surface area contributed by atoms with Crippen LogP contribution >= 0.6 is 0 Å². The van der Waals surface area contributed by atoms with Gasteiger partial charge in [-0.2, -0.15) is 0 Å². The van der Waals surface area contributed by atoms with Crippen molar-refractivity contribution in [2.75, 3.05) is 20.3 Å². The van der Waals surface area contributed by atoms with Crippen LogP contribution in [-0.4, -0.2) is 47.9 Å². The lowest BCUT2D eigenvalue weighted by atomic mass is 9.88. The maximum atomic E-state index is 12.6. The van der Waals surface area contributed by atoms with E-state index in [4.69, 9.17) is 9.47 Å². The number of ether oxygens (including phenoxy) is 2. The van der Waals surface area contributed by atoms with Crippen molar-refractivity contribution < 1.29 is 24.2 Å². The van der Waals surface area contributed by atoms with E-state index in [1.807, 2.05) is 0 Å². The first kappa shape index (κ1) is 19.0. The number of carboxylic acids is 1. The Morgan fingerprint density at radius 3 is 2.13 bits per heavy atom. The predicted molar refractivity (Wildman–Crippen MR) is 86.2 cm³/mol. The topological polar surface area (TPSA) is 76.1 Å². The van der Waals surface area contributed by atoms with Crippen LogP contribution in [0.15, 0.2) is 30.3 Å². The molecule has 0 saturated heterocycles. The maximum absolute atomic E-state index is 12.6. The van der Waals surface area contributed by atoms with Crippen molar-refractivity contribution in [3.63, 3.8) is 0 Å². The van der Waals surface area contributed by atoms with Crippen molar-refractivity contribution in [3.05, 3.63) is 35.9 Å². The maximum Gasteiger partial charge on any atom is 0.411 e. The van der Waals surface area contributed by atoms with Crippen LogP contribution in [0.5, 0.6) is 0 Å². The fraction of sp³-hybridized carbons (Fsp3) is 0.529. The van der Waals surface area contributed by atoms with Crippen LogP contribution in [0, 0.1) is 0 Å². The molecule has 1 amide bonds. The summed E-state index contributed by atoms with van der Waals surface area (Å²) in [5.41, 5.74) is -1.91. The second-order valence-electron chi connectivity index (χ2n) is 6.19. The third-order valence-corrected chi connectivity index (χ3v) is 3.35. The molecular weight excluding hydrogens is 298 g/mol. The SMILES string of the molecule is CCN(C(=O)OC(C)(C)C)C(COC)(C(=O)O)c1ccccc1. The van der Waals surface area contributed by atoms with E-state index in [0.29, 0.717) is 5.56 Å². The highest BCUT2D eigenvalue weighted by molar-refractivity contribution is 5.86. The molecule has 0 aromatic heterocycles. The average Bonchev–Trinajstić information content (AvgIpc) is 2.45. The van der Waals surface area contributed by atoms with E-state index < -0.39 is 23.2 Å². The van der Waals surface area contributed by atoms with Crippen molar-refractivity contribution in [2.45, 2.75) is 38.8 Å². The number of carboxylic acid groups (broad SMARTS) is 1. The molecule has 6 nitrogen and oxygen atoms in total. The summed E-state index contributed by atoms with van der Waals surface area (Å²) < 4.78 is 10.5. The first-order chi connectivity index (χ1) is 10.7. The number of carbonyl (C=O) groups is 2. The fourth-order valence-electron chi connectivity index (χ4n) is 2.41. The first-order valence-corrected chi connectivity index (χ1v) is 7.47. The lowest BCUT2D eigenvalue weighted by Crippen LogP contribution is -2.58. The Labute approximate surface area is 137 Å². The number of carbonyl (C=O) groups excluding carboxylic acids is 1. The highest BCUT2D eigenvalue weighted by Crippen LogP contribution is 2.31.